The Morgan fingerprint density at radius 2 is 2.42 bits per heavy atom. The Bertz CT molecular complexity index is 214. The first-order valence-electron chi connectivity index (χ1n) is 4.98. The highest BCUT2D eigenvalue weighted by molar-refractivity contribution is 5.86. The van der Waals surface area contributed by atoms with E-state index in [0.29, 0.717) is 12.2 Å². The number of carbonyl (C=O) groups is 1. The number of ketones is 1. The predicted molar refractivity (Wildman–Crippen MR) is 47.7 cm³/mol. The highest BCUT2D eigenvalue weighted by Gasteiger charge is 2.53. The molecule has 68 valence electrons. The van der Waals surface area contributed by atoms with Crippen molar-refractivity contribution in [2.45, 2.75) is 45.1 Å². The maximum Gasteiger partial charge on any atom is 0.140 e. The average Bonchev–Trinajstić information content (AvgIpc) is 2.60. The molecule has 2 saturated carbocycles. The van der Waals surface area contributed by atoms with Crippen LogP contribution in [0.5, 0.6) is 0 Å². The largest absolute Gasteiger partial charge is 0.327 e. The van der Waals surface area contributed by atoms with Gasteiger partial charge in [-0.25, -0.2) is 0 Å². The van der Waals surface area contributed by atoms with Crippen LogP contribution in [0.25, 0.3) is 0 Å². The summed E-state index contributed by atoms with van der Waals surface area (Å²) in [6.45, 7) is 1.95. The van der Waals surface area contributed by atoms with Gasteiger partial charge in [0.15, 0.2) is 0 Å². The molecule has 2 N–H and O–H groups in total. The van der Waals surface area contributed by atoms with Gasteiger partial charge in [-0.3, -0.25) is 4.79 Å². The van der Waals surface area contributed by atoms with Crippen molar-refractivity contribution in [2.75, 3.05) is 0 Å². The summed E-state index contributed by atoms with van der Waals surface area (Å²) in [5.74, 6) is 1.17. The highest BCUT2D eigenvalue weighted by atomic mass is 16.1. The summed E-state index contributed by atoms with van der Waals surface area (Å²) in [6.07, 6.45) is 5.14. The molecule has 0 radical (unpaired) electrons. The minimum Gasteiger partial charge on any atom is -0.327 e. The van der Waals surface area contributed by atoms with Gasteiger partial charge in [-0.15, -0.1) is 0 Å². The van der Waals surface area contributed by atoms with Crippen molar-refractivity contribution in [3.63, 3.8) is 0 Å². The summed E-state index contributed by atoms with van der Waals surface area (Å²) >= 11 is 0. The van der Waals surface area contributed by atoms with Crippen LogP contribution in [0.1, 0.15) is 39.0 Å². The molecular weight excluding hydrogens is 150 g/mol. The van der Waals surface area contributed by atoms with Crippen LogP contribution >= 0.6 is 0 Å². The van der Waals surface area contributed by atoms with Crippen molar-refractivity contribution in [3.05, 3.63) is 0 Å². The standard InChI is InChI=1S/C10H17NO/c1-2-9(12)10-4-3-7(6-10)5-8(10)11/h7-8H,2-6,11H2,1H3. The molecule has 2 rings (SSSR count). The number of fused-ring (bicyclic) bond motifs is 2. The van der Waals surface area contributed by atoms with Crippen molar-refractivity contribution in [2.24, 2.45) is 17.1 Å². The van der Waals surface area contributed by atoms with Crippen LogP contribution in [0.4, 0.5) is 0 Å². The van der Waals surface area contributed by atoms with Crippen molar-refractivity contribution in [1.82, 2.24) is 0 Å². The number of Topliss-reactive ketones (excluding diaryl/α,β-unsaturated/α-hetero) is 1. The molecule has 0 aromatic heterocycles. The van der Waals surface area contributed by atoms with Gasteiger partial charge < -0.3 is 5.73 Å². The first kappa shape index (κ1) is 8.24. The first-order valence-corrected chi connectivity index (χ1v) is 4.98. The van der Waals surface area contributed by atoms with Gasteiger partial charge in [0.05, 0.1) is 0 Å². The van der Waals surface area contributed by atoms with Gasteiger partial charge in [0.1, 0.15) is 5.78 Å². The van der Waals surface area contributed by atoms with E-state index in [2.05, 4.69) is 0 Å². The third-order valence-electron chi connectivity index (χ3n) is 3.83. The molecule has 0 amide bonds. The number of nitrogens with two attached hydrogens (primary N) is 1. The van der Waals surface area contributed by atoms with E-state index in [0.717, 1.165) is 25.2 Å². The zero-order valence-electron chi connectivity index (χ0n) is 7.68. The molecular formula is C10H17NO. The Morgan fingerprint density at radius 3 is 2.83 bits per heavy atom. The van der Waals surface area contributed by atoms with Crippen molar-refractivity contribution >= 4 is 5.78 Å². The Kier molecular flexibility index (Phi) is 1.76. The number of hydrogen-bond donors (Lipinski definition) is 1. The quantitative estimate of drug-likeness (QED) is 0.677. The van der Waals surface area contributed by atoms with Gasteiger partial charge in [-0.1, -0.05) is 6.92 Å². The summed E-state index contributed by atoms with van der Waals surface area (Å²) in [5.41, 5.74) is 5.93. The lowest BCUT2D eigenvalue weighted by molar-refractivity contribution is -0.128. The molecule has 2 aliphatic carbocycles. The second-order valence-electron chi connectivity index (χ2n) is 4.38. The fourth-order valence-electron chi connectivity index (χ4n) is 3.12. The smallest absolute Gasteiger partial charge is 0.140 e. The lowest BCUT2D eigenvalue weighted by atomic mass is 9.76. The molecule has 0 heterocycles. The molecule has 2 aliphatic rings. The van der Waals surface area contributed by atoms with Gasteiger partial charge in [0.25, 0.3) is 0 Å². The normalized spacial score (nSPS) is 45.2. The van der Waals surface area contributed by atoms with Gasteiger partial charge in [-0.2, -0.15) is 0 Å². The monoisotopic (exact) mass is 167 g/mol. The fourth-order valence-corrected chi connectivity index (χ4v) is 3.12. The molecule has 0 aromatic rings. The van der Waals surface area contributed by atoms with Crippen LogP contribution in [0.3, 0.4) is 0 Å². The Labute approximate surface area is 73.5 Å². The maximum absolute atomic E-state index is 11.7. The summed E-state index contributed by atoms with van der Waals surface area (Å²) in [4.78, 5) is 11.7. The molecule has 2 fully saturated rings. The van der Waals surface area contributed by atoms with Crippen LogP contribution in [-0.2, 0) is 4.79 Å². The third kappa shape index (κ3) is 0.875. The van der Waals surface area contributed by atoms with Crippen LogP contribution < -0.4 is 5.73 Å². The van der Waals surface area contributed by atoms with E-state index in [9.17, 15) is 4.79 Å². The molecule has 2 bridgehead atoms. The van der Waals surface area contributed by atoms with E-state index in [1.807, 2.05) is 6.92 Å². The Balaban J connectivity index is 2.23. The molecule has 3 unspecified atom stereocenters. The summed E-state index contributed by atoms with van der Waals surface area (Å²) in [5, 5.41) is 0. The highest BCUT2D eigenvalue weighted by Crippen LogP contribution is 2.54. The Hall–Kier alpha value is -0.370. The number of rotatable bonds is 2. The minimum absolute atomic E-state index is 0.0839. The van der Waals surface area contributed by atoms with Crippen LogP contribution in [0.15, 0.2) is 0 Å². The van der Waals surface area contributed by atoms with Crippen LogP contribution in [0.2, 0.25) is 0 Å². The SMILES string of the molecule is CCC(=O)C12CCC(CC1N)C2. The molecule has 12 heavy (non-hydrogen) atoms. The van der Waals surface area contributed by atoms with E-state index in [1.165, 1.54) is 6.42 Å². The van der Waals surface area contributed by atoms with Crippen molar-refractivity contribution in [3.8, 4) is 0 Å². The van der Waals surface area contributed by atoms with E-state index >= 15 is 0 Å². The predicted octanol–water partition coefficient (Wildman–Crippen LogP) is 1.48. The molecule has 0 aliphatic heterocycles. The van der Waals surface area contributed by atoms with Crippen molar-refractivity contribution < 1.29 is 4.79 Å². The van der Waals surface area contributed by atoms with E-state index < -0.39 is 0 Å². The lowest BCUT2D eigenvalue weighted by Gasteiger charge is -2.30. The minimum atomic E-state index is -0.0839. The molecule has 0 spiro atoms. The van der Waals surface area contributed by atoms with E-state index in [4.69, 9.17) is 5.73 Å². The van der Waals surface area contributed by atoms with E-state index in [1.54, 1.807) is 0 Å². The first-order chi connectivity index (χ1) is 5.69. The maximum atomic E-state index is 11.7. The molecule has 0 aromatic carbocycles. The van der Waals surface area contributed by atoms with Gasteiger partial charge in [0.2, 0.25) is 0 Å². The second-order valence-corrected chi connectivity index (χ2v) is 4.38. The molecule has 3 atom stereocenters. The third-order valence-corrected chi connectivity index (χ3v) is 3.83. The van der Waals surface area contributed by atoms with E-state index in [-0.39, 0.29) is 11.5 Å². The summed E-state index contributed by atoms with van der Waals surface area (Å²) in [7, 11) is 0. The lowest BCUT2D eigenvalue weighted by Crippen LogP contribution is -2.43. The molecule has 2 nitrogen and oxygen atoms in total. The van der Waals surface area contributed by atoms with Crippen molar-refractivity contribution in [1.29, 1.82) is 0 Å². The van der Waals surface area contributed by atoms with Gasteiger partial charge in [-0.05, 0) is 31.6 Å². The van der Waals surface area contributed by atoms with Gasteiger partial charge >= 0.3 is 0 Å². The average molecular weight is 167 g/mol. The zero-order valence-corrected chi connectivity index (χ0v) is 7.68. The summed E-state index contributed by atoms with van der Waals surface area (Å²) < 4.78 is 0. The molecule has 0 saturated heterocycles. The zero-order chi connectivity index (χ0) is 8.77. The van der Waals surface area contributed by atoms with Crippen LogP contribution in [-0.4, -0.2) is 11.8 Å². The topological polar surface area (TPSA) is 43.1 Å². The van der Waals surface area contributed by atoms with Crippen LogP contribution in [0, 0.1) is 11.3 Å². The number of carbonyl (C=O) groups excluding carboxylic acids is 1. The van der Waals surface area contributed by atoms with Gasteiger partial charge in [0, 0.05) is 17.9 Å². The summed E-state index contributed by atoms with van der Waals surface area (Å²) in [6, 6.07) is 0.170. The molecule has 2 heteroatoms. The second kappa shape index (κ2) is 2.56. The number of hydrogen-bond acceptors (Lipinski definition) is 2. The Morgan fingerprint density at radius 1 is 1.67 bits per heavy atom. The fraction of sp³-hybridized carbons (Fsp3) is 0.900.